The molecule has 1 aliphatic heterocycles. The van der Waals surface area contributed by atoms with Crippen molar-refractivity contribution in [1.82, 2.24) is 14.8 Å². The number of carbonyl (C=O) groups excluding carboxylic acids is 1. The van der Waals surface area contributed by atoms with Crippen molar-refractivity contribution in [3.63, 3.8) is 0 Å². The van der Waals surface area contributed by atoms with Crippen LogP contribution in [0, 0.1) is 6.92 Å². The van der Waals surface area contributed by atoms with Crippen LogP contribution in [0.15, 0.2) is 18.3 Å². The van der Waals surface area contributed by atoms with Gasteiger partial charge in [-0.3, -0.25) is 14.7 Å². The van der Waals surface area contributed by atoms with Gasteiger partial charge in [0.05, 0.1) is 6.04 Å². The number of hydrogen-bond donors (Lipinski definition) is 0. The molecule has 1 aliphatic rings. The van der Waals surface area contributed by atoms with Gasteiger partial charge in [0.25, 0.3) is 0 Å². The Morgan fingerprint density at radius 2 is 2.11 bits per heavy atom. The normalized spacial score (nSPS) is 22.7. The number of ketones is 1. The van der Waals surface area contributed by atoms with Crippen LogP contribution in [0.3, 0.4) is 0 Å². The molecule has 18 heavy (non-hydrogen) atoms. The van der Waals surface area contributed by atoms with Crippen LogP contribution in [0.5, 0.6) is 0 Å². The highest BCUT2D eigenvalue weighted by Gasteiger charge is 2.27. The smallest absolute Gasteiger partial charge is 0.182 e. The standard InChI is InChI=1S/C14H21N3O/c1-11-5-6-12(9-15-11)14(18)13-10-16(2)7-4-8-17(13)3/h5-6,9,13H,4,7-8,10H2,1-3H3. The number of rotatable bonds is 2. The first-order valence-electron chi connectivity index (χ1n) is 6.43. The number of likely N-dealkylation sites (N-methyl/N-ethyl adjacent to an activating group) is 2. The summed E-state index contributed by atoms with van der Waals surface area (Å²) in [4.78, 5) is 21.1. The molecule has 98 valence electrons. The monoisotopic (exact) mass is 247 g/mol. The highest BCUT2D eigenvalue weighted by atomic mass is 16.1. The van der Waals surface area contributed by atoms with E-state index in [0.29, 0.717) is 5.56 Å². The summed E-state index contributed by atoms with van der Waals surface area (Å²) < 4.78 is 0. The summed E-state index contributed by atoms with van der Waals surface area (Å²) >= 11 is 0. The van der Waals surface area contributed by atoms with E-state index in [0.717, 1.165) is 31.7 Å². The molecular formula is C14H21N3O. The van der Waals surface area contributed by atoms with Crippen LogP contribution < -0.4 is 0 Å². The zero-order valence-electron chi connectivity index (χ0n) is 11.4. The van der Waals surface area contributed by atoms with Gasteiger partial charge in [0, 0.05) is 24.0 Å². The summed E-state index contributed by atoms with van der Waals surface area (Å²) in [6, 6.07) is 3.72. The fourth-order valence-corrected chi connectivity index (χ4v) is 2.36. The molecule has 1 aromatic heterocycles. The molecule has 0 saturated carbocycles. The lowest BCUT2D eigenvalue weighted by Crippen LogP contribution is -2.43. The van der Waals surface area contributed by atoms with Crippen molar-refractivity contribution in [1.29, 1.82) is 0 Å². The molecule has 0 bridgehead atoms. The minimum atomic E-state index is -0.0537. The van der Waals surface area contributed by atoms with Crippen LogP contribution in [0.2, 0.25) is 0 Å². The largest absolute Gasteiger partial charge is 0.304 e. The van der Waals surface area contributed by atoms with E-state index in [1.54, 1.807) is 6.20 Å². The summed E-state index contributed by atoms with van der Waals surface area (Å²) in [5, 5.41) is 0. The van der Waals surface area contributed by atoms with E-state index in [1.807, 2.05) is 26.1 Å². The third kappa shape index (κ3) is 2.94. The Kier molecular flexibility index (Phi) is 4.09. The molecule has 0 aliphatic carbocycles. The topological polar surface area (TPSA) is 36.4 Å². The van der Waals surface area contributed by atoms with E-state index in [-0.39, 0.29) is 11.8 Å². The van der Waals surface area contributed by atoms with Crippen molar-refractivity contribution < 1.29 is 4.79 Å². The third-order valence-corrected chi connectivity index (χ3v) is 3.57. The van der Waals surface area contributed by atoms with Gasteiger partial charge in [0.15, 0.2) is 5.78 Å². The quantitative estimate of drug-likeness (QED) is 0.736. The average Bonchev–Trinajstić information content (AvgIpc) is 2.51. The number of nitrogens with zero attached hydrogens (tertiary/aromatic N) is 3. The lowest BCUT2D eigenvalue weighted by molar-refractivity contribution is 0.0839. The minimum absolute atomic E-state index is 0.0537. The van der Waals surface area contributed by atoms with Crippen molar-refractivity contribution in [2.75, 3.05) is 33.7 Å². The predicted octanol–water partition coefficient (Wildman–Crippen LogP) is 1.21. The van der Waals surface area contributed by atoms with Gasteiger partial charge in [0.1, 0.15) is 0 Å². The van der Waals surface area contributed by atoms with Crippen LogP contribution in [0.1, 0.15) is 22.5 Å². The van der Waals surface area contributed by atoms with Crippen molar-refractivity contribution in [3.05, 3.63) is 29.6 Å². The van der Waals surface area contributed by atoms with Gasteiger partial charge in [-0.2, -0.15) is 0 Å². The first-order chi connectivity index (χ1) is 8.58. The molecule has 1 fully saturated rings. The number of carbonyl (C=O) groups is 1. The summed E-state index contributed by atoms with van der Waals surface area (Å²) in [5.41, 5.74) is 1.66. The lowest BCUT2D eigenvalue weighted by Gasteiger charge is -2.26. The predicted molar refractivity (Wildman–Crippen MR) is 71.8 cm³/mol. The molecule has 1 atom stereocenters. The average molecular weight is 247 g/mol. The minimum Gasteiger partial charge on any atom is -0.304 e. The van der Waals surface area contributed by atoms with Crippen molar-refractivity contribution >= 4 is 5.78 Å². The molecule has 0 amide bonds. The Bertz CT molecular complexity index is 416. The van der Waals surface area contributed by atoms with Gasteiger partial charge in [-0.15, -0.1) is 0 Å². The summed E-state index contributed by atoms with van der Waals surface area (Å²) in [6.07, 6.45) is 2.80. The van der Waals surface area contributed by atoms with Crippen LogP contribution in [0.25, 0.3) is 0 Å². The van der Waals surface area contributed by atoms with Crippen LogP contribution in [-0.4, -0.2) is 60.3 Å². The molecule has 0 spiro atoms. The SMILES string of the molecule is Cc1ccc(C(=O)C2CN(C)CCCN2C)cn1. The summed E-state index contributed by atoms with van der Waals surface area (Å²) in [5.74, 6) is 0.179. The Morgan fingerprint density at radius 3 is 2.78 bits per heavy atom. The van der Waals surface area contributed by atoms with Crippen LogP contribution >= 0.6 is 0 Å². The molecule has 2 rings (SSSR count). The molecule has 2 heterocycles. The fraction of sp³-hybridized carbons (Fsp3) is 0.571. The first kappa shape index (κ1) is 13.2. The molecule has 1 aromatic rings. The molecule has 4 nitrogen and oxygen atoms in total. The maximum atomic E-state index is 12.5. The van der Waals surface area contributed by atoms with Crippen molar-refractivity contribution in [3.8, 4) is 0 Å². The van der Waals surface area contributed by atoms with Crippen LogP contribution in [-0.2, 0) is 0 Å². The zero-order chi connectivity index (χ0) is 13.1. The molecule has 4 heteroatoms. The van der Waals surface area contributed by atoms with Crippen LogP contribution in [0.4, 0.5) is 0 Å². The van der Waals surface area contributed by atoms with Gasteiger partial charge in [-0.1, -0.05) is 0 Å². The van der Waals surface area contributed by atoms with Gasteiger partial charge < -0.3 is 4.90 Å². The molecule has 1 saturated heterocycles. The first-order valence-corrected chi connectivity index (χ1v) is 6.43. The molecule has 0 N–H and O–H groups in total. The van der Waals surface area contributed by atoms with E-state index in [2.05, 4.69) is 21.8 Å². The number of Topliss-reactive ketones (excluding diaryl/α,β-unsaturated/α-hetero) is 1. The lowest BCUT2D eigenvalue weighted by atomic mass is 10.0. The maximum absolute atomic E-state index is 12.5. The second-order valence-corrected chi connectivity index (χ2v) is 5.16. The van der Waals surface area contributed by atoms with Gasteiger partial charge in [0.2, 0.25) is 0 Å². The van der Waals surface area contributed by atoms with Gasteiger partial charge in [-0.25, -0.2) is 0 Å². The van der Waals surface area contributed by atoms with E-state index in [4.69, 9.17) is 0 Å². The van der Waals surface area contributed by atoms with Crippen molar-refractivity contribution in [2.45, 2.75) is 19.4 Å². The maximum Gasteiger partial charge on any atom is 0.182 e. The van der Waals surface area contributed by atoms with Crippen molar-refractivity contribution in [2.24, 2.45) is 0 Å². The van der Waals surface area contributed by atoms with Gasteiger partial charge >= 0.3 is 0 Å². The molecule has 1 unspecified atom stereocenters. The highest BCUT2D eigenvalue weighted by Crippen LogP contribution is 2.12. The van der Waals surface area contributed by atoms with E-state index in [1.165, 1.54) is 0 Å². The summed E-state index contributed by atoms with van der Waals surface area (Å²) in [6.45, 7) is 4.75. The van der Waals surface area contributed by atoms with E-state index < -0.39 is 0 Å². The Balaban J connectivity index is 2.17. The second-order valence-electron chi connectivity index (χ2n) is 5.16. The van der Waals surface area contributed by atoms with E-state index >= 15 is 0 Å². The molecule has 0 radical (unpaired) electrons. The Morgan fingerprint density at radius 1 is 1.33 bits per heavy atom. The van der Waals surface area contributed by atoms with Gasteiger partial charge in [-0.05, 0) is 52.7 Å². The number of aromatic nitrogens is 1. The van der Waals surface area contributed by atoms with E-state index in [9.17, 15) is 4.79 Å². The molecule has 0 aromatic carbocycles. The number of hydrogen-bond acceptors (Lipinski definition) is 4. The Hall–Kier alpha value is -1.26. The fourth-order valence-electron chi connectivity index (χ4n) is 2.36. The second kappa shape index (κ2) is 5.59. The Labute approximate surface area is 109 Å². The number of aryl methyl sites for hydroxylation is 1. The number of pyridine rings is 1. The summed E-state index contributed by atoms with van der Waals surface area (Å²) in [7, 11) is 4.11. The third-order valence-electron chi connectivity index (χ3n) is 3.57. The zero-order valence-corrected chi connectivity index (χ0v) is 11.4. The highest BCUT2D eigenvalue weighted by molar-refractivity contribution is 6.00. The molecular weight excluding hydrogens is 226 g/mol.